The van der Waals surface area contributed by atoms with Crippen molar-refractivity contribution in [2.24, 2.45) is 0 Å². The summed E-state index contributed by atoms with van der Waals surface area (Å²) in [5.74, 6) is 0.174. The van der Waals surface area contributed by atoms with Crippen molar-refractivity contribution in [1.29, 1.82) is 5.26 Å². The van der Waals surface area contributed by atoms with Crippen molar-refractivity contribution in [2.75, 3.05) is 12.8 Å². The zero-order valence-corrected chi connectivity index (χ0v) is 13.9. The molecule has 0 saturated heterocycles. The summed E-state index contributed by atoms with van der Waals surface area (Å²) in [5, 5.41) is 10.0. The number of benzene rings is 1. The standard InChI is InChI=1S/C17H19N3O2S/c1-20(17(12-18)9-5-2-6-10-17)15(21)11-23-16-19-13-7-3-4-8-14(13)22-16/h3-4,7-8H,2,5-6,9-11H2,1H3. The fraction of sp³-hybridized carbons (Fsp3) is 0.471. The van der Waals surface area contributed by atoms with Crippen molar-refractivity contribution < 1.29 is 9.21 Å². The van der Waals surface area contributed by atoms with Gasteiger partial charge < -0.3 is 9.32 Å². The quantitative estimate of drug-likeness (QED) is 0.802. The number of amides is 1. The molecule has 5 nitrogen and oxygen atoms in total. The molecule has 0 unspecified atom stereocenters. The number of hydrogen-bond donors (Lipinski definition) is 0. The van der Waals surface area contributed by atoms with Crippen LogP contribution in [-0.4, -0.2) is 34.1 Å². The molecule has 1 saturated carbocycles. The maximum absolute atomic E-state index is 12.5. The maximum atomic E-state index is 12.5. The lowest BCUT2D eigenvalue weighted by Gasteiger charge is -2.38. The molecule has 2 aromatic rings. The summed E-state index contributed by atoms with van der Waals surface area (Å²) < 4.78 is 5.61. The maximum Gasteiger partial charge on any atom is 0.257 e. The molecule has 1 aromatic carbocycles. The third kappa shape index (κ3) is 3.20. The summed E-state index contributed by atoms with van der Waals surface area (Å²) >= 11 is 1.28. The molecule has 0 N–H and O–H groups in total. The van der Waals surface area contributed by atoms with E-state index in [0.29, 0.717) is 5.22 Å². The molecular weight excluding hydrogens is 310 g/mol. The minimum Gasteiger partial charge on any atom is -0.431 e. The van der Waals surface area contributed by atoms with Gasteiger partial charge in [0.25, 0.3) is 5.22 Å². The number of nitriles is 1. The number of hydrogen-bond acceptors (Lipinski definition) is 5. The van der Waals surface area contributed by atoms with Gasteiger partial charge >= 0.3 is 0 Å². The van der Waals surface area contributed by atoms with E-state index in [9.17, 15) is 10.1 Å². The van der Waals surface area contributed by atoms with Gasteiger partial charge in [-0.05, 0) is 25.0 Å². The SMILES string of the molecule is CN(C(=O)CSc1nc2ccccc2o1)C1(C#N)CCCCC1. The van der Waals surface area contributed by atoms with Crippen molar-refractivity contribution in [3.05, 3.63) is 24.3 Å². The third-order valence-electron chi connectivity index (χ3n) is 4.50. The second kappa shape index (κ2) is 6.63. The molecule has 1 aliphatic rings. The number of carbonyl (C=O) groups is 1. The number of oxazole rings is 1. The highest BCUT2D eigenvalue weighted by Gasteiger charge is 2.38. The molecule has 1 fully saturated rings. The molecule has 0 spiro atoms. The Balaban J connectivity index is 1.65. The average Bonchev–Trinajstić information content (AvgIpc) is 3.02. The molecular formula is C17H19N3O2S. The number of carbonyl (C=O) groups excluding carboxylic acids is 1. The van der Waals surface area contributed by atoms with Crippen molar-refractivity contribution in [1.82, 2.24) is 9.88 Å². The first-order valence-corrected chi connectivity index (χ1v) is 8.79. The van der Waals surface area contributed by atoms with Gasteiger partial charge in [0.15, 0.2) is 5.58 Å². The lowest BCUT2D eigenvalue weighted by Crippen LogP contribution is -2.50. The van der Waals surface area contributed by atoms with Gasteiger partial charge in [0.05, 0.1) is 11.8 Å². The van der Waals surface area contributed by atoms with Crippen LogP contribution < -0.4 is 0 Å². The lowest BCUT2D eigenvalue weighted by atomic mass is 9.81. The van der Waals surface area contributed by atoms with Crippen LogP contribution in [0.25, 0.3) is 11.1 Å². The van der Waals surface area contributed by atoms with Crippen LogP contribution in [0.2, 0.25) is 0 Å². The summed E-state index contributed by atoms with van der Waals surface area (Å²) in [7, 11) is 1.74. The first kappa shape index (κ1) is 15.9. The Morgan fingerprint density at radius 3 is 2.83 bits per heavy atom. The van der Waals surface area contributed by atoms with E-state index >= 15 is 0 Å². The Hall–Kier alpha value is -2.00. The van der Waals surface area contributed by atoms with E-state index in [0.717, 1.165) is 43.2 Å². The summed E-state index contributed by atoms with van der Waals surface area (Å²) in [6, 6.07) is 9.90. The molecule has 6 heteroatoms. The summed E-state index contributed by atoms with van der Waals surface area (Å²) in [6.45, 7) is 0. The predicted molar refractivity (Wildman–Crippen MR) is 88.9 cm³/mol. The fourth-order valence-corrected chi connectivity index (χ4v) is 3.78. The Morgan fingerprint density at radius 1 is 1.39 bits per heavy atom. The first-order chi connectivity index (χ1) is 11.1. The number of rotatable bonds is 4. The number of nitrogens with zero attached hydrogens (tertiary/aromatic N) is 3. The smallest absolute Gasteiger partial charge is 0.257 e. The molecule has 0 radical (unpaired) electrons. The number of thioether (sulfide) groups is 1. The topological polar surface area (TPSA) is 70.1 Å². The van der Waals surface area contributed by atoms with Crippen LogP contribution in [0.4, 0.5) is 0 Å². The van der Waals surface area contributed by atoms with E-state index in [1.165, 1.54) is 11.8 Å². The highest BCUT2D eigenvalue weighted by atomic mass is 32.2. The minimum atomic E-state index is -0.642. The molecule has 1 aromatic heterocycles. The average molecular weight is 329 g/mol. The van der Waals surface area contributed by atoms with E-state index in [1.807, 2.05) is 24.3 Å². The van der Waals surface area contributed by atoms with Crippen LogP contribution in [0, 0.1) is 11.3 Å². The Labute approximate surface area is 139 Å². The van der Waals surface area contributed by atoms with Crippen LogP contribution >= 0.6 is 11.8 Å². The van der Waals surface area contributed by atoms with E-state index < -0.39 is 5.54 Å². The van der Waals surface area contributed by atoms with Crippen molar-refractivity contribution in [2.45, 2.75) is 42.9 Å². The molecule has 0 bridgehead atoms. The van der Waals surface area contributed by atoms with Gasteiger partial charge in [0.1, 0.15) is 11.1 Å². The van der Waals surface area contributed by atoms with Crippen molar-refractivity contribution in [3.8, 4) is 6.07 Å². The molecule has 1 amide bonds. The fourth-order valence-electron chi connectivity index (χ4n) is 3.03. The van der Waals surface area contributed by atoms with Crippen LogP contribution in [-0.2, 0) is 4.79 Å². The zero-order chi connectivity index (χ0) is 16.3. The molecule has 0 aliphatic heterocycles. The molecule has 3 rings (SSSR count). The Bertz CT molecular complexity index is 711. The molecule has 23 heavy (non-hydrogen) atoms. The van der Waals surface area contributed by atoms with Crippen LogP contribution in [0.3, 0.4) is 0 Å². The van der Waals surface area contributed by atoms with Gasteiger partial charge in [-0.1, -0.05) is 43.2 Å². The minimum absolute atomic E-state index is 0.0549. The highest BCUT2D eigenvalue weighted by molar-refractivity contribution is 7.99. The summed E-state index contributed by atoms with van der Waals surface area (Å²) in [6.07, 6.45) is 4.68. The van der Waals surface area contributed by atoms with Crippen LogP contribution in [0.5, 0.6) is 0 Å². The van der Waals surface area contributed by atoms with Gasteiger partial charge in [-0.3, -0.25) is 4.79 Å². The molecule has 120 valence electrons. The highest BCUT2D eigenvalue weighted by Crippen LogP contribution is 2.33. The Morgan fingerprint density at radius 2 is 2.13 bits per heavy atom. The third-order valence-corrected chi connectivity index (χ3v) is 5.31. The van der Waals surface area contributed by atoms with Gasteiger partial charge in [-0.25, -0.2) is 4.98 Å². The van der Waals surface area contributed by atoms with Gasteiger partial charge in [0.2, 0.25) is 5.91 Å². The van der Waals surface area contributed by atoms with Crippen LogP contribution in [0.1, 0.15) is 32.1 Å². The van der Waals surface area contributed by atoms with Crippen LogP contribution in [0.15, 0.2) is 33.9 Å². The predicted octanol–water partition coefficient (Wildman–Crippen LogP) is 3.60. The molecule has 1 aliphatic carbocycles. The zero-order valence-electron chi connectivity index (χ0n) is 13.1. The number of para-hydroxylation sites is 2. The van der Waals surface area contributed by atoms with E-state index in [1.54, 1.807) is 11.9 Å². The second-order valence-electron chi connectivity index (χ2n) is 5.89. The lowest BCUT2D eigenvalue weighted by molar-refractivity contribution is -0.131. The number of fused-ring (bicyclic) bond motifs is 1. The summed E-state index contributed by atoms with van der Waals surface area (Å²) in [5.41, 5.74) is 0.866. The monoisotopic (exact) mass is 329 g/mol. The van der Waals surface area contributed by atoms with E-state index in [4.69, 9.17) is 4.42 Å². The van der Waals surface area contributed by atoms with Gasteiger partial charge in [-0.15, -0.1) is 0 Å². The molecule has 1 heterocycles. The van der Waals surface area contributed by atoms with Crippen molar-refractivity contribution in [3.63, 3.8) is 0 Å². The summed E-state index contributed by atoms with van der Waals surface area (Å²) in [4.78, 5) is 18.5. The van der Waals surface area contributed by atoms with E-state index in [-0.39, 0.29) is 11.7 Å². The Kier molecular flexibility index (Phi) is 4.58. The largest absolute Gasteiger partial charge is 0.431 e. The normalized spacial score (nSPS) is 16.9. The second-order valence-corrected chi connectivity index (χ2v) is 6.82. The first-order valence-electron chi connectivity index (χ1n) is 7.81. The van der Waals surface area contributed by atoms with Gasteiger partial charge in [-0.2, -0.15) is 5.26 Å². The number of aromatic nitrogens is 1. The van der Waals surface area contributed by atoms with Gasteiger partial charge in [0, 0.05) is 7.05 Å². The van der Waals surface area contributed by atoms with Crippen molar-refractivity contribution >= 4 is 28.8 Å². The molecule has 0 atom stereocenters. The van der Waals surface area contributed by atoms with E-state index in [2.05, 4.69) is 11.1 Å².